The number of hydrogen-bond acceptors (Lipinski definition) is 5. The standard InChI is InChI=1S/C30H25ClN2O3S/c1-19-12-13-27(37-19)21-8-5-7-20(15-21)26(33-28(34)18-36-23-9-3-2-4-10-23)17-22-16-25(31)24-11-6-14-32-29(24)30(22)35/h2-16,26,35H,17-18H2,1H3,(H,33,34). The third kappa shape index (κ3) is 5.77. The summed E-state index contributed by atoms with van der Waals surface area (Å²) in [7, 11) is 0. The van der Waals surface area contributed by atoms with Crippen LogP contribution in [0.5, 0.6) is 11.5 Å². The smallest absolute Gasteiger partial charge is 0.258 e. The van der Waals surface area contributed by atoms with E-state index >= 15 is 0 Å². The van der Waals surface area contributed by atoms with E-state index in [2.05, 4.69) is 41.5 Å². The number of thiophene rings is 1. The molecular weight excluding hydrogens is 504 g/mol. The SMILES string of the molecule is Cc1ccc(-c2cccc(C(Cc3cc(Cl)c4cccnc4c3O)NC(=O)COc3ccccc3)c2)s1. The number of hydrogen-bond donors (Lipinski definition) is 2. The van der Waals surface area contributed by atoms with Gasteiger partial charge in [0.2, 0.25) is 0 Å². The molecule has 2 heterocycles. The summed E-state index contributed by atoms with van der Waals surface area (Å²) in [6, 6.07) is 26.4. The van der Waals surface area contributed by atoms with E-state index in [4.69, 9.17) is 16.3 Å². The van der Waals surface area contributed by atoms with Gasteiger partial charge in [0.1, 0.15) is 17.0 Å². The summed E-state index contributed by atoms with van der Waals surface area (Å²) >= 11 is 8.26. The van der Waals surface area contributed by atoms with Crippen LogP contribution in [0, 0.1) is 6.92 Å². The summed E-state index contributed by atoms with van der Waals surface area (Å²) in [4.78, 5) is 19.7. The van der Waals surface area contributed by atoms with Crippen LogP contribution in [0.15, 0.2) is 91.1 Å². The molecular formula is C30H25ClN2O3S. The van der Waals surface area contributed by atoms with Gasteiger partial charge in [-0.3, -0.25) is 9.78 Å². The first-order chi connectivity index (χ1) is 18.0. The van der Waals surface area contributed by atoms with Crippen molar-refractivity contribution in [1.29, 1.82) is 0 Å². The number of phenols is 1. The molecule has 3 aromatic carbocycles. The molecule has 1 amide bonds. The summed E-state index contributed by atoms with van der Waals surface area (Å²) in [5, 5.41) is 15.3. The fraction of sp³-hybridized carbons (Fsp3) is 0.133. The number of aryl methyl sites for hydroxylation is 1. The second-order valence-electron chi connectivity index (χ2n) is 8.73. The molecule has 37 heavy (non-hydrogen) atoms. The van der Waals surface area contributed by atoms with Crippen molar-refractivity contribution in [2.45, 2.75) is 19.4 Å². The molecule has 0 bridgehead atoms. The van der Waals surface area contributed by atoms with Crippen LogP contribution >= 0.6 is 22.9 Å². The van der Waals surface area contributed by atoms with Gasteiger partial charge in [-0.15, -0.1) is 11.3 Å². The number of carbonyl (C=O) groups is 1. The molecule has 0 aliphatic carbocycles. The minimum absolute atomic E-state index is 0.0600. The minimum atomic E-state index is -0.434. The molecule has 5 aromatic rings. The predicted molar refractivity (Wildman–Crippen MR) is 149 cm³/mol. The van der Waals surface area contributed by atoms with Gasteiger partial charge in [0.05, 0.1) is 11.1 Å². The largest absolute Gasteiger partial charge is 0.505 e. The molecule has 0 aliphatic heterocycles. The second kappa shape index (κ2) is 11.0. The Labute approximate surface area is 224 Å². The van der Waals surface area contributed by atoms with Crippen molar-refractivity contribution in [3.63, 3.8) is 0 Å². The number of nitrogens with one attached hydrogen (secondary N) is 1. The average molecular weight is 529 g/mol. The number of rotatable bonds is 8. The summed E-state index contributed by atoms with van der Waals surface area (Å²) < 4.78 is 5.66. The lowest BCUT2D eigenvalue weighted by Gasteiger charge is -2.21. The van der Waals surface area contributed by atoms with Crippen molar-refractivity contribution < 1.29 is 14.6 Å². The third-order valence-electron chi connectivity index (χ3n) is 6.08. The summed E-state index contributed by atoms with van der Waals surface area (Å²) in [5.41, 5.74) is 3.01. The van der Waals surface area contributed by atoms with E-state index in [9.17, 15) is 9.90 Å². The van der Waals surface area contributed by atoms with Gasteiger partial charge < -0.3 is 15.2 Å². The maximum absolute atomic E-state index is 13.0. The second-order valence-corrected chi connectivity index (χ2v) is 10.4. The number of nitrogens with zero attached hydrogens (tertiary/aromatic N) is 1. The lowest BCUT2D eigenvalue weighted by molar-refractivity contribution is -0.123. The fourth-order valence-corrected chi connectivity index (χ4v) is 5.41. The molecule has 186 valence electrons. The molecule has 5 nitrogen and oxygen atoms in total. The molecule has 0 saturated heterocycles. The van der Waals surface area contributed by atoms with Gasteiger partial charge in [-0.2, -0.15) is 0 Å². The quantitative estimate of drug-likeness (QED) is 0.225. The van der Waals surface area contributed by atoms with Gasteiger partial charge in [0.25, 0.3) is 5.91 Å². The number of fused-ring (bicyclic) bond motifs is 1. The zero-order valence-corrected chi connectivity index (χ0v) is 21.7. The number of ether oxygens (including phenoxy) is 1. The van der Waals surface area contributed by atoms with Crippen LogP contribution in [0.25, 0.3) is 21.3 Å². The molecule has 1 unspecified atom stereocenters. The van der Waals surface area contributed by atoms with Gasteiger partial charge in [-0.1, -0.05) is 48.0 Å². The number of carbonyl (C=O) groups excluding carboxylic acids is 1. The molecule has 2 aromatic heterocycles. The highest BCUT2D eigenvalue weighted by Gasteiger charge is 2.21. The van der Waals surface area contributed by atoms with E-state index in [1.807, 2.05) is 36.4 Å². The lowest BCUT2D eigenvalue weighted by atomic mass is 9.95. The molecule has 0 radical (unpaired) electrons. The Balaban J connectivity index is 1.46. The highest BCUT2D eigenvalue weighted by molar-refractivity contribution is 7.15. The van der Waals surface area contributed by atoms with Crippen molar-refractivity contribution in [2.75, 3.05) is 6.61 Å². The highest BCUT2D eigenvalue weighted by atomic mass is 35.5. The van der Waals surface area contributed by atoms with Crippen molar-refractivity contribution in [2.24, 2.45) is 0 Å². The Morgan fingerprint density at radius 1 is 1.05 bits per heavy atom. The Morgan fingerprint density at radius 3 is 2.68 bits per heavy atom. The zero-order chi connectivity index (χ0) is 25.8. The first-order valence-electron chi connectivity index (χ1n) is 11.9. The van der Waals surface area contributed by atoms with Crippen molar-refractivity contribution in [1.82, 2.24) is 10.3 Å². The van der Waals surface area contributed by atoms with Crippen LogP contribution < -0.4 is 10.1 Å². The Kier molecular flexibility index (Phi) is 7.40. The van der Waals surface area contributed by atoms with Gasteiger partial charge in [-0.05, 0) is 66.6 Å². The Hall–Kier alpha value is -3.87. The van der Waals surface area contributed by atoms with E-state index in [0.717, 1.165) is 16.0 Å². The number of para-hydroxylation sites is 1. The molecule has 2 N–H and O–H groups in total. The van der Waals surface area contributed by atoms with Crippen LogP contribution in [0.2, 0.25) is 5.02 Å². The third-order valence-corrected chi connectivity index (χ3v) is 7.44. The molecule has 0 aliphatic rings. The highest BCUT2D eigenvalue weighted by Crippen LogP contribution is 2.36. The maximum Gasteiger partial charge on any atom is 0.258 e. The van der Waals surface area contributed by atoms with Crippen LogP contribution in [0.1, 0.15) is 22.0 Å². The molecule has 0 fully saturated rings. The van der Waals surface area contributed by atoms with Crippen LogP contribution in [0.4, 0.5) is 0 Å². The number of phenolic OH excluding ortho intramolecular Hbond substituents is 1. The van der Waals surface area contributed by atoms with Crippen LogP contribution in [0.3, 0.4) is 0 Å². The first-order valence-corrected chi connectivity index (χ1v) is 13.1. The number of benzene rings is 3. The van der Waals surface area contributed by atoms with Crippen molar-refractivity contribution >= 4 is 39.7 Å². The summed E-state index contributed by atoms with van der Waals surface area (Å²) in [6.45, 7) is 1.95. The van der Waals surface area contributed by atoms with Gasteiger partial charge in [0, 0.05) is 33.3 Å². The molecule has 1 atom stereocenters. The van der Waals surface area contributed by atoms with Crippen molar-refractivity contribution in [3.05, 3.63) is 112 Å². The van der Waals surface area contributed by atoms with E-state index < -0.39 is 6.04 Å². The fourth-order valence-electron chi connectivity index (χ4n) is 4.27. The Bertz CT molecular complexity index is 1550. The van der Waals surface area contributed by atoms with Gasteiger partial charge >= 0.3 is 0 Å². The predicted octanol–water partition coefficient (Wildman–Crippen LogP) is 7.11. The number of aromatic nitrogens is 1. The molecule has 7 heteroatoms. The number of amides is 1. The topological polar surface area (TPSA) is 71.5 Å². The van der Waals surface area contributed by atoms with E-state index in [-0.39, 0.29) is 18.3 Å². The first kappa shape index (κ1) is 24.8. The van der Waals surface area contributed by atoms with Crippen LogP contribution in [-0.4, -0.2) is 22.6 Å². The van der Waals surface area contributed by atoms with E-state index in [0.29, 0.717) is 33.7 Å². The normalized spacial score (nSPS) is 11.8. The van der Waals surface area contributed by atoms with Crippen molar-refractivity contribution in [3.8, 4) is 21.9 Å². The Morgan fingerprint density at radius 2 is 1.89 bits per heavy atom. The van der Waals surface area contributed by atoms with Gasteiger partial charge in [-0.25, -0.2) is 0 Å². The molecule has 0 spiro atoms. The van der Waals surface area contributed by atoms with Gasteiger partial charge in [0.15, 0.2) is 6.61 Å². The zero-order valence-electron chi connectivity index (χ0n) is 20.1. The average Bonchev–Trinajstić information content (AvgIpc) is 3.37. The lowest BCUT2D eigenvalue weighted by Crippen LogP contribution is -2.33. The number of halogens is 1. The van der Waals surface area contributed by atoms with Crippen LogP contribution in [-0.2, 0) is 11.2 Å². The molecule has 5 rings (SSSR count). The van der Waals surface area contributed by atoms with E-state index in [1.54, 1.807) is 41.8 Å². The number of pyridine rings is 1. The molecule has 0 saturated carbocycles. The maximum atomic E-state index is 13.0. The summed E-state index contributed by atoms with van der Waals surface area (Å²) in [6.07, 6.45) is 1.94. The number of aromatic hydroxyl groups is 1. The monoisotopic (exact) mass is 528 g/mol. The summed E-state index contributed by atoms with van der Waals surface area (Å²) in [5.74, 6) is 0.412. The van der Waals surface area contributed by atoms with E-state index in [1.165, 1.54) is 4.88 Å². The minimum Gasteiger partial charge on any atom is -0.505 e.